The van der Waals surface area contributed by atoms with Crippen LogP contribution >= 0.6 is 0 Å². The second kappa shape index (κ2) is 12.7. The Hall–Kier alpha value is -5.92. The first-order valence-corrected chi connectivity index (χ1v) is 15.0. The van der Waals surface area contributed by atoms with Gasteiger partial charge >= 0.3 is 0 Å². The van der Waals surface area contributed by atoms with Gasteiger partial charge in [0.15, 0.2) is 0 Å². The maximum absolute atomic E-state index is 13.1. The molecule has 0 unspecified atom stereocenters. The fourth-order valence-electron chi connectivity index (χ4n) is 5.18. The second-order valence-electron chi connectivity index (χ2n) is 13.2. The fourth-order valence-corrected chi connectivity index (χ4v) is 5.18. The Morgan fingerprint density at radius 2 is 0.854 bits per heavy atom. The predicted octanol–water partition coefficient (Wildman–Crippen LogP) is -0.187. The molecule has 4 heterocycles. The monoisotopic (exact) mass is 654 g/mol. The topological polar surface area (TPSA) is 207 Å². The lowest BCUT2D eigenvalue weighted by Gasteiger charge is -2.16. The van der Waals surface area contributed by atoms with Gasteiger partial charge < -0.3 is 39.4 Å². The number of ether oxygens (including phenoxy) is 2. The Morgan fingerprint density at radius 3 is 1.15 bits per heavy atom. The molecule has 0 aliphatic heterocycles. The Kier molecular flexibility index (Phi) is 8.85. The minimum atomic E-state index is -0.546. The van der Waals surface area contributed by atoms with Crippen LogP contribution in [0.3, 0.4) is 0 Å². The molecule has 5 aromatic rings. The molecule has 250 valence electrons. The summed E-state index contributed by atoms with van der Waals surface area (Å²) >= 11 is 0. The van der Waals surface area contributed by atoms with Gasteiger partial charge in [-0.3, -0.25) is 19.2 Å². The third-order valence-electron chi connectivity index (χ3n) is 7.55. The van der Waals surface area contributed by atoms with Crippen LogP contribution in [0.1, 0.15) is 75.4 Å². The van der Waals surface area contributed by atoms with Crippen LogP contribution < -0.4 is 53.1 Å². The van der Waals surface area contributed by atoms with Crippen LogP contribution in [0.25, 0.3) is 24.3 Å². The first-order chi connectivity index (χ1) is 22.6. The average Bonchev–Trinajstić information content (AvgIpc) is 3.68. The first kappa shape index (κ1) is 33.4. The molecule has 0 amide bonds. The van der Waals surface area contributed by atoms with E-state index >= 15 is 0 Å². The molecule has 14 nitrogen and oxygen atoms in total. The van der Waals surface area contributed by atoms with E-state index in [2.05, 4.69) is 39.9 Å². The van der Waals surface area contributed by atoms with E-state index in [4.69, 9.17) is 9.47 Å². The van der Waals surface area contributed by atoms with Crippen LogP contribution in [-0.2, 0) is 10.8 Å². The number of rotatable bonds is 6. The summed E-state index contributed by atoms with van der Waals surface area (Å²) in [6.45, 7) is 12.0. The van der Waals surface area contributed by atoms with Gasteiger partial charge in [-0.15, -0.1) is 0 Å². The number of hydrogen-bond donors (Lipinski definition) is 6. The van der Waals surface area contributed by atoms with Gasteiger partial charge in [-0.1, -0.05) is 41.5 Å². The van der Waals surface area contributed by atoms with Crippen molar-refractivity contribution in [2.75, 3.05) is 14.2 Å². The predicted molar refractivity (Wildman–Crippen MR) is 182 cm³/mol. The van der Waals surface area contributed by atoms with Crippen molar-refractivity contribution in [1.82, 2.24) is 39.9 Å². The van der Waals surface area contributed by atoms with Crippen LogP contribution in [0.5, 0.6) is 11.5 Å². The van der Waals surface area contributed by atoms with E-state index in [9.17, 15) is 19.2 Å². The van der Waals surface area contributed by atoms with Crippen LogP contribution in [0, 0.1) is 0 Å². The number of aromatic nitrogens is 8. The van der Waals surface area contributed by atoms with Gasteiger partial charge in [0.1, 0.15) is 32.9 Å². The number of aromatic amines is 6. The zero-order valence-electron chi connectivity index (χ0n) is 28.0. The number of hydrogen-bond acceptors (Lipinski definition) is 8. The van der Waals surface area contributed by atoms with E-state index in [1.54, 1.807) is 12.1 Å². The Labute approximate surface area is 273 Å². The van der Waals surface area contributed by atoms with Crippen LogP contribution in [0.2, 0.25) is 0 Å². The lowest BCUT2D eigenvalue weighted by atomic mass is 9.90. The van der Waals surface area contributed by atoms with Gasteiger partial charge in [0, 0.05) is 33.3 Å². The highest BCUT2D eigenvalue weighted by Gasteiger charge is 2.20. The van der Waals surface area contributed by atoms with Gasteiger partial charge in [0.05, 0.1) is 38.3 Å². The SMILES string of the molecule is COc1cc(/C=c2\[nH]c(=O)/c(=C/c3nc[nH]c3C(C)(C)C)[nH]c2=O)c(OC)cc1/C=c1\[nH]c(=O)c(=Cc2nc[nH]c2C(C)(C)C)[nH]c1=O. The molecule has 0 saturated heterocycles. The minimum absolute atomic E-state index is 0.0218. The molecule has 4 aromatic heterocycles. The number of imidazole rings is 2. The number of methoxy groups -OCH3 is 2. The van der Waals surface area contributed by atoms with Crippen molar-refractivity contribution in [3.05, 3.63) is 122 Å². The Morgan fingerprint density at radius 1 is 0.542 bits per heavy atom. The van der Waals surface area contributed by atoms with E-state index < -0.39 is 22.2 Å². The molecule has 48 heavy (non-hydrogen) atoms. The van der Waals surface area contributed by atoms with Crippen molar-refractivity contribution in [2.24, 2.45) is 0 Å². The van der Waals surface area contributed by atoms with Crippen molar-refractivity contribution < 1.29 is 9.47 Å². The number of nitrogens with one attached hydrogen (secondary N) is 6. The van der Waals surface area contributed by atoms with E-state index in [-0.39, 0.29) is 32.2 Å². The zero-order chi connectivity index (χ0) is 35.0. The molecule has 0 saturated carbocycles. The highest BCUT2D eigenvalue weighted by molar-refractivity contribution is 5.67. The number of H-pyrrole nitrogens is 6. The molecule has 14 heteroatoms. The molecule has 0 aliphatic rings. The molecule has 0 radical (unpaired) electrons. The first-order valence-electron chi connectivity index (χ1n) is 15.0. The summed E-state index contributed by atoms with van der Waals surface area (Å²) in [6, 6.07) is 3.17. The molecule has 0 aliphatic carbocycles. The summed E-state index contributed by atoms with van der Waals surface area (Å²) in [5.74, 6) is 0.613. The molecule has 1 aromatic carbocycles. The van der Waals surface area contributed by atoms with Crippen LogP contribution in [0.4, 0.5) is 0 Å². The highest BCUT2D eigenvalue weighted by atomic mass is 16.5. The van der Waals surface area contributed by atoms with Crippen LogP contribution in [0.15, 0.2) is 44.0 Å². The van der Waals surface area contributed by atoms with E-state index in [1.807, 2.05) is 41.5 Å². The maximum atomic E-state index is 13.1. The molecule has 0 spiro atoms. The number of nitrogens with zero attached hydrogens (tertiary/aromatic N) is 2. The van der Waals surface area contributed by atoms with Gasteiger partial charge in [-0.2, -0.15) is 0 Å². The average molecular weight is 655 g/mol. The van der Waals surface area contributed by atoms with Gasteiger partial charge in [0.25, 0.3) is 22.2 Å². The normalized spacial score (nSPS) is 13.8. The van der Waals surface area contributed by atoms with Crippen molar-refractivity contribution in [3.63, 3.8) is 0 Å². The van der Waals surface area contributed by atoms with Gasteiger partial charge in [-0.05, 0) is 36.4 Å². The lowest BCUT2D eigenvalue weighted by Crippen LogP contribution is -2.47. The molecule has 0 fully saturated rings. The minimum Gasteiger partial charge on any atom is -0.496 e. The van der Waals surface area contributed by atoms with E-state index in [1.165, 1.54) is 51.2 Å². The molecule has 5 rings (SSSR count). The largest absolute Gasteiger partial charge is 0.496 e. The van der Waals surface area contributed by atoms with Crippen molar-refractivity contribution >= 4 is 24.3 Å². The molecule has 0 bridgehead atoms. The quantitative estimate of drug-likeness (QED) is 0.144. The highest BCUT2D eigenvalue weighted by Crippen LogP contribution is 2.30. The van der Waals surface area contributed by atoms with E-state index in [0.717, 1.165) is 11.4 Å². The van der Waals surface area contributed by atoms with Crippen molar-refractivity contribution in [2.45, 2.75) is 52.4 Å². The van der Waals surface area contributed by atoms with Gasteiger partial charge in [0.2, 0.25) is 0 Å². The third-order valence-corrected chi connectivity index (χ3v) is 7.55. The molecular formula is C34H38N8O6. The smallest absolute Gasteiger partial charge is 0.272 e. The van der Waals surface area contributed by atoms with Crippen LogP contribution in [-0.4, -0.2) is 54.1 Å². The second-order valence-corrected chi connectivity index (χ2v) is 13.2. The summed E-state index contributed by atoms with van der Waals surface area (Å²) in [5.41, 5.74) is 0.877. The fraction of sp³-hybridized carbons (Fsp3) is 0.294. The molecule has 0 atom stereocenters. The third kappa shape index (κ3) is 6.92. The number of benzene rings is 1. The van der Waals surface area contributed by atoms with Crippen molar-refractivity contribution in [1.29, 1.82) is 0 Å². The summed E-state index contributed by atoms with van der Waals surface area (Å²) in [4.78, 5) is 77.4. The molecular weight excluding hydrogens is 616 g/mol. The summed E-state index contributed by atoms with van der Waals surface area (Å²) in [7, 11) is 2.87. The Balaban J connectivity index is 1.58. The molecule has 6 N–H and O–H groups in total. The summed E-state index contributed by atoms with van der Waals surface area (Å²) in [5, 5.41) is 0.0510. The summed E-state index contributed by atoms with van der Waals surface area (Å²) in [6.07, 6.45) is 9.01. The lowest BCUT2D eigenvalue weighted by molar-refractivity contribution is 0.401. The standard InChI is InChI=1S/C34H38N8O6/c1-33(2,3)27-19(35-15-37-27)13-23-31(45)39-21(29(43)41-23)9-17-11-26(48-8)18(12-25(17)47-7)10-22-30(44)42-24(32(46)40-22)14-20-28(34(4,5)6)38-16-36-20/h9-16H,1-8H3,(H,35,37)(H,36,38)(H,39,45)(H,40,46)(H,41,43)(H,42,44)/b21-9-,22-10-,23-13-,24-14?. The van der Waals surface area contributed by atoms with E-state index in [0.29, 0.717) is 34.0 Å². The maximum Gasteiger partial charge on any atom is 0.272 e. The summed E-state index contributed by atoms with van der Waals surface area (Å²) < 4.78 is 11.1. The zero-order valence-corrected chi connectivity index (χ0v) is 28.0. The van der Waals surface area contributed by atoms with Crippen molar-refractivity contribution in [3.8, 4) is 11.5 Å². The Bertz CT molecular complexity index is 2320. The van der Waals surface area contributed by atoms with Gasteiger partial charge in [-0.25, -0.2) is 9.97 Å².